The Bertz CT molecular complexity index is 466. The molecule has 4 heteroatoms. The summed E-state index contributed by atoms with van der Waals surface area (Å²) < 4.78 is 6.88. The van der Waals surface area contributed by atoms with Gasteiger partial charge in [0.1, 0.15) is 0 Å². The molecule has 1 N–H and O–H groups in total. The molecule has 1 aromatic carbocycles. The average Bonchev–Trinajstić information content (AvgIpc) is 2.79. The van der Waals surface area contributed by atoms with Crippen molar-refractivity contribution in [1.29, 1.82) is 0 Å². The van der Waals surface area contributed by atoms with Gasteiger partial charge in [0, 0.05) is 18.9 Å². The van der Waals surface area contributed by atoms with E-state index >= 15 is 0 Å². The number of hydrogen-bond acceptors (Lipinski definition) is 3. The Labute approximate surface area is 94.1 Å². The maximum Gasteiger partial charge on any atom is 0.0883 e. The van der Waals surface area contributed by atoms with E-state index in [-0.39, 0.29) is 6.61 Å². The van der Waals surface area contributed by atoms with Crippen molar-refractivity contribution < 1.29 is 9.84 Å². The van der Waals surface area contributed by atoms with E-state index in [1.54, 1.807) is 17.9 Å². The molecule has 0 unspecified atom stereocenters. The molecular formula is C12H14N2O2. The van der Waals surface area contributed by atoms with Crippen LogP contribution >= 0.6 is 0 Å². The van der Waals surface area contributed by atoms with Gasteiger partial charge < -0.3 is 9.84 Å². The van der Waals surface area contributed by atoms with E-state index in [0.29, 0.717) is 12.3 Å². The van der Waals surface area contributed by atoms with Gasteiger partial charge in [-0.05, 0) is 12.1 Å². The second kappa shape index (κ2) is 4.92. The Morgan fingerprint density at radius 1 is 1.31 bits per heavy atom. The molecule has 0 radical (unpaired) electrons. The first-order valence-corrected chi connectivity index (χ1v) is 5.08. The molecule has 16 heavy (non-hydrogen) atoms. The van der Waals surface area contributed by atoms with Crippen molar-refractivity contribution in [2.75, 3.05) is 7.11 Å². The summed E-state index contributed by atoms with van der Waals surface area (Å²) in [6.45, 7) is 0.504. The molecule has 0 saturated carbocycles. The summed E-state index contributed by atoms with van der Waals surface area (Å²) in [5.41, 5.74) is 2.70. The SMILES string of the molecule is COCc1ccccc1-n1ccc(CO)n1. The van der Waals surface area contributed by atoms with Gasteiger partial charge in [0.15, 0.2) is 0 Å². The fraction of sp³-hybridized carbons (Fsp3) is 0.250. The van der Waals surface area contributed by atoms with Gasteiger partial charge in [-0.1, -0.05) is 18.2 Å². The summed E-state index contributed by atoms with van der Waals surface area (Å²) in [6.07, 6.45) is 1.83. The number of methoxy groups -OCH3 is 1. The number of ether oxygens (including phenoxy) is 1. The van der Waals surface area contributed by atoms with Crippen LogP contribution in [0.25, 0.3) is 5.69 Å². The molecule has 4 nitrogen and oxygen atoms in total. The Morgan fingerprint density at radius 2 is 2.12 bits per heavy atom. The largest absolute Gasteiger partial charge is 0.390 e. The van der Waals surface area contributed by atoms with Gasteiger partial charge in [0.25, 0.3) is 0 Å². The third-order valence-electron chi connectivity index (χ3n) is 2.34. The third kappa shape index (κ3) is 2.13. The van der Waals surface area contributed by atoms with Crippen LogP contribution in [-0.2, 0) is 18.0 Å². The van der Waals surface area contributed by atoms with Crippen molar-refractivity contribution in [2.24, 2.45) is 0 Å². The summed E-state index contributed by atoms with van der Waals surface area (Å²) in [7, 11) is 1.67. The van der Waals surface area contributed by atoms with E-state index in [0.717, 1.165) is 11.3 Å². The fourth-order valence-electron chi connectivity index (χ4n) is 1.59. The van der Waals surface area contributed by atoms with Gasteiger partial charge in [-0.3, -0.25) is 0 Å². The Morgan fingerprint density at radius 3 is 2.81 bits per heavy atom. The molecule has 0 amide bonds. The van der Waals surface area contributed by atoms with Crippen LogP contribution in [0.1, 0.15) is 11.3 Å². The lowest BCUT2D eigenvalue weighted by atomic mass is 10.2. The molecule has 0 aliphatic carbocycles. The average molecular weight is 218 g/mol. The zero-order valence-electron chi connectivity index (χ0n) is 9.13. The Balaban J connectivity index is 2.38. The number of para-hydroxylation sites is 1. The summed E-state index contributed by atoms with van der Waals surface area (Å²) in [5.74, 6) is 0. The predicted octanol–water partition coefficient (Wildman–Crippen LogP) is 1.51. The maximum absolute atomic E-state index is 8.97. The molecule has 84 valence electrons. The lowest BCUT2D eigenvalue weighted by Crippen LogP contribution is -2.01. The summed E-state index contributed by atoms with van der Waals surface area (Å²) in [6, 6.07) is 9.69. The first-order chi connectivity index (χ1) is 7.85. The lowest BCUT2D eigenvalue weighted by molar-refractivity contribution is 0.184. The zero-order valence-corrected chi connectivity index (χ0v) is 9.13. The Kier molecular flexibility index (Phi) is 3.34. The standard InChI is InChI=1S/C12H14N2O2/c1-16-9-10-4-2-3-5-12(10)14-7-6-11(8-15)13-14/h2-7,15H,8-9H2,1H3. The minimum atomic E-state index is -0.0422. The van der Waals surface area contributed by atoms with Crippen LogP contribution in [0.5, 0.6) is 0 Å². The van der Waals surface area contributed by atoms with Gasteiger partial charge in [0.2, 0.25) is 0 Å². The molecule has 0 atom stereocenters. The molecule has 0 bridgehead atoms. The summed E-state index contributed by atoms with van der Waals surface area (Å²) in [5, 5.41) is 13.2. The van der Waals surface area contributed by atoms with Gasteiger partial charge in [-0.2, -0.15) is 5.10 Å². The van der Waals surface area contributed by atoms with Crippen molar-refractivity contribution in [1.82, 2.24) is 9.78 Å². The highest BCUT2D eigenvalue weighted by Gasteiger charge is 2.05. The first-order valence-electron chi connectivity index (χ1n) is 5.08. The van der Waals surface area contributed by atoms with E-state index in [4.69, 9.17) is 9.84 Å². The molecule has 2 aromatic rings. The minimum absolute atomic E-state index is 0.0422. The van der Waals surface area contributed by atoms with Crippen LogP contribution in [0.2, 0.25) is 0 Å². The van der Waals surface area contributed by atoms with Crippen molar-refractivity contribution in [3.63, 3.8) is 0 Å². The summed E-state index contributed by atoms with van der Waals surface area (Å²) >= 11 is 0. The van der Waals surface area contributed by atoms with Crippen molar-refractivity contribution >= 4 is 0 Å². The predicted molar refractivity (Wildman–Crippen MR) is 60.2 cm³/mol. The minimum Gasteiger partial charge on any atom is -0.390 e. The van der Waals surface area contributed by atoms with E-state index in [1.165, 1.54) is 0 Å². The lowest BCUT2D eigenvalue weighted by Gasteiger charge is -2.08. The summed E-state index contributed by atoms with van der Waals surface area (Å²) in [4.78, 5) is 0. The highest BCUT2D eigenvalue weighted by Crippen LogP contribution is 2.14. The number of aromatic nitrogens is 2. The van der Waals surface area contributed by atoms with Gasteiger partial charge >= 0.3 is 0 Å². The number of benzene rings is 1. The van der Waals surface area contributed by atoms with E-state index in [2.05, 4.69) is 5.10 Å². The van der Waals surface area contributed by atoms with Crippen LogP contribution in [0, 0.1) is 0 Å². The molecule has 0 aliphatic rings. The molecule has 1 aromatic heterocycles. The molecule has 0 fully saturated rings. The number of hydrogen-bond donors (Lipinski definition) is 1. The van der Waals surface area contributed by atoms with Crippen LogP contribution in [-0.4, -0.2) is 22.0 Å². The van der Waals surface area contributed by atoms with Crippen LogP contribution in [0.3, 0.4) is 0 Å². The van der Waals surface area contributed by atoms with Crippen molar-refractivity contribution in [2.45, 2.75) is 13.2 Å². The number of nitrogens with zero attached hydrogens (tertiary/aromatic N) is 2. The molecule has 0 aliphatic heterocycles. The number of aliphatic hydroxyl groups excluding tert-OH is 1. The quantitative estimate of drug-likeness (QED) is 0.846. The van der Waals surface area contributed by atoms with E-state index < -0.39 is 0 Å². The zero-order chi connectivity index (χ0) is 11.4. The number of rotatable bonds is 4. The van der Waals surface area contributed by atoms with Gasteiger partial charge in [-0.15, -0.1) is 0 Å². The topological polar surface area (TPSA) is 47.3 Å². The van der Waals surface area contributed by atoms with Gasteiger partial charge in [-0.25, -0.2) is 4.68 Å². The molecular weight excluding hydrogens is 204 g/mol. The monoisotopic (exact) mass is 218 g/mol. The van der Waals surface area contributed by atoms with E-state index in [9.17, 15) is 0 Å². The smallest absolute Gasteiger partial charge is 0.0883 e. The molecule has 1 heterocycles. The number of aliphatic hydroxyl groups is 1. The highest BCUT2D eigenvalue weighted by molar-refractivity contribution is 5.40. The molecule has 0 saturated heterocycles. The normalized spacial score (nSPS) is 10.6. The molecule has 0 spiro atoms. The van der Waals surface area contributed by atoms with Crippen molar-refractivity contribution in [3.8, 4) is 5.69 Å². The van der Waals surface area contributed by atoms with Crippen LogP contribution in [0.15, 0.2) is 36.5 Å². The highest BCUT2D eigenvalue weighted by atomic mass is 16.5. The second-order valence-electron chi connectivity index (χ2n) is 3.47. The maximum atomic E-state index is 8.97. The van der Waals surface area contributed by atoms with E-state index in [1.807, 2.05) is 30.5 Å². The van der Waals surface area contributed by atoms with Crippen molar-refractivity contribution in [3.05, 3.63) is 47.8 Å². The fourth-order valence-corrected chi connectivity index (χ4v) is 1.59. The third-order valence-corrected chi connectivity index (χ3v) is 2.34. The van der Waals surface area contributed by atoms with Crippen LogP contribution < -0.4 is 0 Å². The first kappa shape index (κ1) is 10.9. The molecule has 2 rings (SSSR count). The van der Waals surface area contributed by atoms with Crippen LogP contribution in [0.4, 0.5) is 0 Å². The Hall–Kier alpha value is -1.65. The second-order valence-corrected chi connectivity index (χ2v) is 3.47. The van der Waals surface area contributed by atoms with Gasteiger partial charge in [0.05, 0.1) is 24.6 Å².